The zero-order chi connectivity index (χ0) is 13.6. The Morgan fingerprint density at radius 3 is 2.45 bits per heavy atom. The van der Waals surface area contributed by atoms with Crippen molar-refractivity contribution in [2.45, 2.75) is 11.8 Å². The third-order valence-corrected chi connectivity index (χ3v) is 6.59. The van der Waals surface area contributed by atoms with Crippen LogP contribution in [0.1, 0.15) is 5.56 Å². The van der Waals surface area contributed by atoms with Crippen molar-refractivity contribution in [3.05, 3.63) is 28.2 Å². The van der Waals surface area contributed by atoms with Crippen molar-refractivity contribution in [3.63, 3.8) is 0 Å². The number of benzene rings is 1. The third kappa shape index (κ3) is 2.76. The van der Waals surface area contributed by atoms with Gasteiger partial charge in [-0.2, -0.15) is 4.31 Å². The van der Waals surface area contributed by atoms with Gasteiger partial charge in [-0.05, 0) is 49.5 Å². The van der Waals surface area contributed by atoms with Crippen LogP contribution in [0.25, 0.3) is 0 Å². The maximum atomic E-state index is 12.7. The second-order valence-corrected chi connectivity index (χ2v) is 8.23. The van der Waals surface area contributed by atoms with Crippen molar-refractivity contribution < 1.29 is 8.42 Å². The van der Waals surface area contributed by atoms with E-state index in [-0.39, 0.29) is 12.4 Å². The average Bonchev–Trinajstić information content (AvgIpc) is 2.92. The van der Waals surface area contributed by atoms with Gasteiger partial charge in [-0.25, -0.2) is 8.42 Å². The van der Waals surface area contributed by atoms with Gasteiger partial charge in [0.05, 0.1) is 4.90 Å². The molecule has 20 heavy (non-hydrogen) atoms. The summed E-state index contributed by atoms with van der Waals surface area (Å²) in [5, 5.41) is 3.33. The molecule has 112 valence electrons. The smallest absolute Gasteiger partial charge is 0.243 e. The van der Waals surface area contributed by atoms with E-state index >= 15 is 0 Å². The molecular formula is C13H18BrClN2O2S. The first-order valence-electron chi connectivity index (χ1n) is 6.45. The van der Waals surface area contributed by atoms with Gasteiger partial charge in [0.25, 0.3) is 0 Å². The van der Waals surface area contributed by atoms with Crippen molar-refractivity contribution in [1.82, 2.24) is 9.62 Å². The number of aryl methyl sites for hydroxylation is 1. The molecule has 0 aromatic heterocycles. The van der Waals surface area contributed by atoms with Crippen molar-refractivity contribution in [1.29, 1.82) is 0 Å². The Hall–Kier alpha value is -0.140. The van der Waals surface area contributed by atoms with E-state index in [2.05, 4.69) is 21.2 Å². The van der Waals surface area contributed by atoms with Crippen LogP contribution in [-0.2, 0) is 10.0 Å². The number of rotatable bonds is 2. The lowest BCUT2D eigenvalue weighted by molar-refractivity contribution is 0.447. The van der Waals surface area contributed by atoms with E-state index in [0.717, 1.165) is 23.1 Å². The number of nitrogens with one attached hydrogen (secondary N) is 1. The van der Waals surface area contributed by atoms with Gasteiger partial charge in [0.15, 0.2) is 0 Å². The molecule has 2 fully saturated rings. The van der Waals surface area contributed by atoms with Gasteiger partial charge >= 0.3 is 0 Å². The van der Waals surface area contributed by atoms with E-state index in [9.17, 15) is 8.42 Å². The molecule has 2 heterocycles. The van der Waals surface area contributed by atoms with Crippen LogP contribution in [0.4, 0.5) is 0 Å². The number of hydrogen-bond donors (Lipinski definition) is 1. The first-order valence-corrected chi connectivity index (χ1v) is 8.69. The van der Waals surface area contributed by atoms with Crippen LogP contribution >= 0.6 is 28.3 Å². The number of fused-ring (bicyclic) bond motifs is 1. The van der Waals surface area contributed by atoms with Gasteiger partial charge in [-0.1, -0.05) is 22.0 Å². The first-order chi connectivity index (χ1) is 8.98. The number of halogens is 2. The summed E-state index contributed by atoms with van der Waals surface area (Å²) in [4.78, 5) is 0.426. The molecule has 2 aliphatic heterocycles. The van der Waals surface area contributed by atoms with Gasteiger partial charge in [-0.15, -0.1) is 12.4 Å². The van der Waals surface area contributed by atoms with E-state index < -0.39 is 10.0 Å². The molecule has 0 unspecified atom stereocenters. The standard InChI is InChI=1S/C13H17BrN2O2S.ClH/c1-9-2-3-12(14)4-13(9)19(17,18)16-7-10-5-15-6-11(10)8-16;/h2-4,10-11,15H,5-8H2,1H3;1H/t10-,11+;. The largest absolute Gasteiger partial charge is 0.316 e. The van der Waals surface area contributed by atoms with Crippen LogP contribution in [0.2, 0.25) is 0 Å². The summed E-state index contributed by atoms with van der Waals surface area (Å²) in [5.74, 6) is 0.949. The van der Waals surface area contributed by atoms with E-state index in [1.807, 2.05) is 19.1 Å². The molecule has 3 rings (SSSR count). The maximum absolute atomic E-state index is 12.7. The van der Waals surface area contributed by atoms with Crippen LogP contribution in [-0.4, -0.2) is 38.9 Å². The van der Waals surface area contributed by atoms with Crippen LogP contribution < -0.4 is 5.32 Å². The molecule has 7 heteroatoms. The SMILES string of the molecule is Cc1ccc(Br)cc1S(=O)(=O)N1C[C@H]2CNC[C@H]2C1.Cl. The molecule has 0 amide bonds. The number of nitrogens with zero attached hydrogens (tertiary/aromatic N) is 1. The monoisotopic (exact) mass is 380 g/mol. The summed E-state index contributed by atoms with van der Waals surface area (Å²) >= 11 is 3.35. The highest BCUT2D eigenvalue weighted by Gasteiger charge is 2.41. The molecular weight excluding hydrogens is 364 g/mol. The zero-order valence-electron chi connectivity index (χ0n) is 11.2. The zero-order valence-corrected chi connectivity index (χ0v) is 14.4. The van der Waals surface area contributed by atoms with Gasteiger partial charge in [0, 0.05) is 17.6 Å². The molecule has 1 aromatic rings. The molecule has 4 nitrogen and oxygen atoms in total. The normalized spacial score (nSPS) is 26.3. The Labute approximate surface area is 134 Å². The lowest BCUT2D eigenvalue weighted by atomic mass is 10.0. The lowest BCUT2D eigenvalue weighted by Crippen LogP contribution is -2.32. The molecule has 0 aliphatic carbocycles. The fraction of sp³-hybridized carbons (Fsp3) is 0.538. The van der Waals surface area contributed by atoms with Crippen LogP contribution in [0.5, 0.6) is 0 Å². The molecule has 1 aromatic carbocycles. The Kier molecular flexibility index (Phi) is 4.81. The van der Waals surface area contributed by atoms with Gasteiger partial charge in [-0.3, -0.25) is 0 Å². The minimum absolute atomic E-state index is 0. The van der Waals surface area contributed by atoms with Crippen molar-refractivity contribution in [3.8, 4) is 0 Å². The minimum atomic E-state index is -3.36. The Bertz CT molecular complexity index is 596. The number of hydrogen-bond acceptors (Lipinski definition) is 3. The summed E-state index contributed by atoms with van der Waals surface area (Å²) in [6.07, 6.45) is 0. The van der Waals surface area contributed by atoms with Gasteiger partial charge < -0.3 is 5.32 Å². The molecule has 0 radical (unpaired) electrons. The van der Waals surface area contributed by atoms with Gasteiger partial charge in [0.1, 0.15) is 0 Å². The summed E-state index contributed by atoms with van der Waals surface area (Å²) < 4.78 is 27.9. The highest BCUT2D eigenvalue weighted by molar-refractivity contribution is 9.10. The summed E-state index contributed by atoms with van der Waals surface area (Å²) in [7, 11) is -3.36. The quantitative estimate of drug-likeness (QED) is 0.852. The van der Waals surface area contributed by atoms with Crippen molar-refractivity contribution in [2.24, 2.45) is 11.8 Å². The Morgan fingerprint density at radius 2 is 1.85 bits per heavy atom. The van der Waals surface area contributed by atoms with E-state index in [1.54, 1.807) is 10.4 Å². The van der Waals surface area contributed by atoms with Gasteiger partial charge in [0.2, 0.25) is 10.0 Å². The van der Waals surface area contributed by atoms with Crippen molar-refractivity contribution >= 4 is 38.4 Å². The Balaban J connectivity index is 0.00000147. The number of sulfonamides is 1. The first kappa shape index (κ1) is 16.2. The predicted octanol–water partition coefficient (Wildman–Crippen LogP) is 2.02. The molecule has 2 saturated heterocycles. The summed E-state index contributed by atoms with van der Waals surface area (Å²) in [6, 6.07) is 5.42. The van der Waals surface area contributed by atoms with E-state index in [1.165, 1.54) is 0 Å². The molecule has 2 atom stereocenters. The predicted molar refractivity (Wildman–Crippen MR) is 84.7 cm³/mol. The molecule has 0 bridgehead atoms. The van der Waals surface area contributed by atoms with E-state index in [0.29, 0.717) is 29.8 Å². The summed E-state index contributed by atoms with van der Waals surface area (Å²) in [5.41, 5.74) is 0.804. The average molecular weight is 382 g/mol. The topological polar surface area (TPSA) is 49.4 Å². The fourth-order valence-electron chi connectivity index (χ4n) is 3.00. The fourth-order valence-corrected chi connectivity index (χ4v) is 5.32. The molecule has 1 N–H and O–H groups in total. The Morgan fingerprint density at radius 1 is 1.25 bits per heavy atom. The second kappa shape index (κ2) is 5.93. The van der Waals surface area contributed by atoms with Crippen LogP contribution in [0.3, 0.4) is 0 Å². The highest BCUT2D eigenvalue weighted by Crippen LogP contribution is 2.32. The molecule has 0 saturated carbocycles. The second-order valence-electron chi connectivity index (χ2n) is 5.41. The van der Waals surface area contributed by atoms with Crippen molar-refractivity contribution in [2.75, 3.05) is 26.2 Å². The third-order valence-electron chi connectivity index (χ3n) is 4.12. The minimum Gasteiger partial charge on any atom is -0.316 e. The highest BCUT2D eigenvalue weighted by atomic mass is 79.9. The lowest BCUT2D eigenvalue weighted by Gasteiger charge is -2.19. The van der Waals surface area contributed by atoms with E-state index in [4.69, 9.17) is 0 Å². The molecule has 0 spiro atoms. The maximum Gasteiger partial charge on any atom is 0.243 e. The van der Waals surface area contributed by atoms with Crippen LogP contribution in [0, 0.1) is 18.8 Å². The van der Waals surface area contributed by atoms with Crippen LogP contribution in [0.15, 0.2) is 27.6 Å². The molecule has 2 aliphatic rings. The summed E-state index contributed by atoms with van der Waals surface area (Å²) in [6.45, 7) is 5.01.